The van der Waals surface area contributed by atoms with Crippen molar-refractivity contribution in [2.45, 2.75) is 33.4 Å². The summed E-state index contributed by atoms with van der Waals surface area (Å²) < 4.78 is 7.75. The van der Waals surface area contributed by atoms with Crippen LogP contribution >= 0.6 is 0 Å². The molecule has 1 N–H and O–H groups in total. The number of hydrogen-bond acceptors (Lipinski definition) is 3. The third-order valence-electron chi connectivity index (χ3n) is 4.22. The van der Waals surface area contributed by atoms with Gasteiger partial charge in [0.1, 0.15) is 5.75 Å². The molecule has 5 nitrogen and oxygen atoms in total. The molecule has 1 aromatic heterocycles. The van der Waals surface area contributed by atoms with Gasteiger partial charge >= 0.3 is 0 Å². The number of imidazole rings is 1. The van der Waals surface area contributed by atoms with Crippen LogP contribution < -0.4 is 10.1 Å². The molecule has 0 saturated carbocycles. The number of aryl methyl sites for hydroxylation is 2. The van der Waals surface area contributed by atoms with Gasteiger partial charge in [-0.05, 0) is 55.7 Å². The van der Waals surface area contributed by atoms with Crippen LogP contribution in [0.1, 0.15) is 23.6 Å². The standard InChI is InChI=1S/C21H23N3O2/c1-15-4-5-16(2)20(12-15)26-17(3)21(25)23-13-18-6-8-19(9-7-18)24-11-10-22-14-24/h4-12,14,17H,13H2,1-3H3,(H,23,25)/t17-/m1/s1. The number of aromatic nitrogens is 2. The second-order valence-corrected chi connectivity index (χ2v) is 6.38. The van der Waals surface area contributed by atoms with E-state index in [0.717, 1.165) is 28.1 Å². The Morgan fingerprint density at radius 3 is 2.65 bits per heavy atom. The van der Waals surface area contributed by atoms with E-state index < -0.39 is 6.10 Å². The highest BCUT2D eigenvalue weighted by Crippen LogP contribution is 2.20. The second-order valence-electron chi connectivity index (χ2n) is 6.38. The number of nitrogens with zero attached hydrogens (tertiary/aromatic N) is 2. The van der Waals surface area contributed by atoms with Gasteiger partial charge in [-0.2, -0.15) is 0 Å². The topological polar surface area (TPSA) is 56.1 Å². The zero-order valence-corrected chi connectivity index (χ0v) is 15.3. The van der Waals surface area contributed by atoms with Crippen LogP contribution in [0.25, 0.3) is 5.69 Å². The van der Waals surface area contributed by atoms with Gasteiger partial charge in [0, 0.05) is 24.6 Å². The van der Waals surface area contributed by atoms with Gasteiger partial charge in [-0.1, -0.05) is 24.3 Å². The zero-order valence-electron chi connectivity index (χ0n) is 15.3. The molecule has 26 heavy (non-hydrogen) atoms. The first kappa shape index (κ1) is 17.7. The molecule has 5 heteroatoms. The zero-order chi connectivity index (χ0) is 18.5. The summed E-state index contributed by atoms with van der Waals surface area (Å²) in [5.41, 5.74) is 4.19. The SMILES string of the molecule is Cc1ccc(C)c(O[C@H](C)C(=O)NCc2ccc(-n3ccnc3)cc2)c1. The van der Waals surface area contributed by atoms with E-state index in [1.165, 1.54) is 0 Å². The normalized spacial score (nSPS) is 11.8. The molecule has 0 unspecified atom stereocenters. The molecule has 0 fully saturated rings. The Hall–Kier alpha value is -3.08. The van der Waals surface area contributed by atoms with Crippen LogP contribution in [0.15, 0.2) is 61.2 Å². The van der Waals surface area contributed by atoms with E-state index in [9.17, 15) is 4.79 Å². The van der Waals surface area contributed by atoms with E-state index in [4.69, 9.17) is 4.74 Å². The Kier molecular flexibility index (Phi) is 5.37. The van der Waals surface area contributed by atoms with Crippen molar-refractivity contribution in [3.8, 4) is 11.4 Å². The van der Waals surface area contributed by atoms with Gasteiger partial charge in [-0.15, -0.1) is 0 Å². The Morgan fingerprint density at radius 2 is 1.96 bits per heavy atom. The van der Waals surface area contributed by atoms with Crippen LogP contribution in [0.3, 0.4) is 0 Å². The van der Waals surface area contributed by atoms with E-state index in [-0.39, 0.29) is 5.91 Å². The minimum atomic E-state index is -0.555. The lowest BCUT2D eigenvalue weighted by Crippen LogP contribution is -2.36. The number of nitrogens with one attached hydrogen (secondary N) is 1. The van der Waals surface area contributed by atoms with E-state index in [1.807, 2.05) is 67.1 Å². The molecule has 134 valence electrons. The second kappa shape index (κ2) is 7.87. The fourth-order valence-electron chi connectivity index (χ4n) is 2.61. The number of amides is 1. The van der Waals surface area contributed by atoms with Gasteiger partial charge in [0.2, 0.25) is 0 Å². The van der Waals surface area contributed by atoms with Crippen LogP contribution in [0.4, 0.5) is 0 Å². The lowest BCUT2D eigenvalue weighted by atomic mass is 10.1. The first-order chi connectivity index (χ1) is 12.5. The summed E-state index contributed by atoms with van der Waals surface area (Å²) in [7, 11) is 0. The molecule has 0 radical (unpaired) electrons. The summed E-state index contributed by atoms with van der Waals surface area (Å²) in [5.74, 6) is 0.613. The summed E-state index contributed by atoms with van der Waals surface area (Å²) >= 11 is 0. The summed E-state index contributed by atoms with van der Waals surface area (Å²) in [4.78, 5) is 16.4. The Morgan fingerprint density at radius 1 is 1.19 bits per heavy atom. The third-order valence-corrected chi connectivity index (χ3v) is 4.22. The van der Waals surface area contributed by atoms with E-state index in [0.29, 0.717) is 6.54 Å². The number of rotatable bonds is 6. The van der Waals surface area contributed by atoms with E-state index >= 15 is 0 Å². The number of carbonyl (C=O) groups is 1. The lowest BCUT2D eigenvalue weighted by molar-refractivity contribution is -0.127. The average molecular weight is 349 g/mol. The Bertz CT molecular complexity index is 871. The molecule has 0 aliphatic heterocycles. The summed E-state index contributed by atoms with van der Waals surface area (Å²) in [6, 6.07) is 14.0. The van der Waals surface area contributed by atoms with E-state index in [2.05, 4.69) is 10.3 Å². The van der Waals surface area contributed by atoms with Crippen molar-refractivity contribution in [1.82, 2.24) is 14.9 Å². The molecule has 0 bridgehead atoms. The summed E-state index contributed by atoms with van der Waals surface area (Å²) in [6.07, 6.45) is 4.83. The molecule has 1 amide bonds. The molecule has 0 aliphatic carbocycles. The predicted molar refractivity (Wildman–Crippen MR) is 101 cm³/mol. The average Bonchev–Trinajstić information content (AvgIpc) is 3.18. The van der Waals surface area contributed by atoms with Crippen molar-refractivity contribution < 1.29 is 9.53 Å². The van der Waals surface area contributed by atoms with Gasteiger partial charge in [-0.25, -0.2) is 4.98 Å². The third kappa shape index (κ3) is 4.30. The van der Waals surface area contributed by atoms with Crippen molar-refractivity contribution in [1.29, 1.82) is 0 Å². The minimum Gasteiger partial charge on any atom is -0.481 e. The van der Waals surface area contributed by atoms with Gasteiger partial charge in [0.25, 0.3) is 5.91 Å². The molecule has 1 atom stereocenters. The van der Waals surface area contributed by atoms with Crippen LogP contribution in [0.5, 0.6) is 5.75 Å². The van der Waals surface area contributed by atoms with Crippen LogP contribution in [0.2, 0.25) is 0 Å². The minimum absolute atomic E-state index is 0.135. The van der Waals surface area contributed by atoms with Crippen molar-refractivity contribution in [3.63, 3.8) is 0 Å². The highest BCUT2D eigenvalue weighted by Gasteiger charge is 2.15. The number of carbonyl (C=O) groups excluding carboxylic acids is 1. The molecule has 2 aromatic carbocycles. The molecule has 3 rings (SSSR count). The van der Waals surface area contributed by atoms with Gasteiger partial charge in [-0.3, -0.25) is 4.79 Å². The predicted octanol–water partition coefficient (Wildman–Crippen LogP) is 3.57. The van der Waals surface area contributed by atoms with Crippen LogP contribution in [0, 0.1) is 13.8 Å². The lowest BCUT2D eigenvalue weighted by Gasteiger charge is -2.17. The quantitative estimate of drug-likeness (QED) is 0.740. The number of benzene rings is 2. The Labute approximate surface area is 153 Å². The van der Waals surface area contributed by atoms with Crippen LogP contribution in [-0.4, -0.2) is 21.6 Å². The fraction of sp³-hybridized carbons (Fsp3) is 0.238. The maximum absolute atomic E-state index is 12.3. The fourth-order valence-corrected chi connectivity index (χ4v) is 2.61. The van der Waals surface area contributed by atoms with Gasteiger partial charge in [0.15, 0.2) is 6.10 Å². The van der Waals surface area contributed by atoms with Gasteiger partial charge in [0.05, 0.1) is 6.33 Å². The highest BCUT2D eigenvalue weighted by atomic mass is 16.5. The van der Waals surface area contributed by atoms with Gasteiger partial charge < -0.3 is 14.6 Å². The smallest absolute Gasteiger partial charge is 0.261 e. The molecule has 0 spiro atoms. The largest absolute Gasteiger partial charge is 0.481 e. The molecule has 0 saturated heterocycles. The monoisotopic (exact) mass is 349 g/mol. The summed E-state index contributed by atoms with van der Waals surface area (Å²) in [5, 5.41) is 2.92. The maximum atomic E-state index is 12.3. The molecule has 1 heterocycles. The maximum Gasteiger partial charge on any atom is 0.261 e. The highest BCUT2D eigenvalue weighted by molar-refractivity contribution is 5.80. The van der Waals surface area contributed by atoms with Crippen LogP contribution in [-0.2, 0) is 11.3 Å². The van der Waals surface area contributed by atoms with Crippen molar-refractivity contribution >= 4 is 5.91 Å². The molecular formula is C21H23N3O2. The first-order valence-electron chi connectivity index (χ1n) is 8.62. The van der Waals surface area contributed by atoms with Crippen molar-refractivity contribution in [2.75, 3.05) is 0 Å². The molecule has 0 aliphatic rings. The Balaban J connectivity index is 1.55. The van der Waals surface area contributed by atoms with Crippen molar-refractivity contribution in [2.24, 2.45) is 0 Å². The van der Waals surface area contributed by atoms with Crippen molar-refractivity contribution in [3.05, 3.63) is 77.9 Å². The molecular weight excluding hydrogens is 326 g/mol. The summed E-state index contributed by atoms with van der Waals surface area (Å²) in [6.45, 7) is 6.20. The molecule has 3 aromatic rings. The number of ether oxygens (including phenoxy) is 1. The number of hydrogen-bond donors (Lipinski definition) is 1. The first-order valence-corrected chi connectivity index (χ1v) is 8.62. The van der Waals surface area contributed by atoms with E-state index in [1.54, 1.807) is 19.4 Å².